The molecule has 1 aromatic heterocycles. The van der Waals surface area contributed by atoms with Crippen LogP contribution in [-0.2, 0) is 0 Å². The number of nitrogens with zero attached hydrogens (tertiary/aromatic N) is 3. The molecule has 0 atom stereocenters. The van der Waals surface area contributed by atoms with Gasteiger partial charge in [-0.2, -0.15) is 0 Å². The Labute approximate surface area is 106 Å². The smallest absolute Gasteiger partial charge is 0.135 e. The van der Waals surface area contributed by atoms with E-state index in [1.807, 2.05) is 13.8 Å². The zero-order valence-corrected chi connectivity index (χ0v) is 10.9. The Morgan fingerprint density at radius 1 is 1.24 bits per heavy atom. The summed E-state index contributed by atoms with van der Waals surface area (Å²) in [4.78, 5) is 10.3. The van der Waals surface area contributed by atoms with Crippen LogP contribution in [0.5, 0.6) is 0 Å². The Morgan fingerprint density at radius 2 is 1.82 bits per heavy atom. The Kier molecular flexibility index (Phi) is 5.61. The first kappa shape index (κ1) is 14.2. The first-order valence-corrected chi connectivity index (χ1v) is 5.97. The molecule has 1 rings (SSSR count). The predicted molar refractivity (Wildman–Crippen MR) is 67.5 cm³/mol. The topological polar surface area (TPSA) is 69.5 Å². The largest absolute Gasteiger partial charge is 0.395 e. The van der Waals surface area contributed by atoms with E-state index < -0.39 is 0 Å². The van der Waals surface area contributed by atoms with Crippen LogP contribution in [0.1, 0.15) is 25.6 Å². The average Bonchev–Trinajstić information content (AvgIpc) is 2.28. The molecular weight excluding hydrogens is 242 g/mol. The van der Waals surface area contributed by atoms with Crippen LogP contribution < -0.4 is 4.90 Å². The minimum Gasteiger partial charge on any atom is -0.395 e. The summed E-state index contributed by atoms with van der Waals surface area (Å²) in [5.74, 6) is 1.47. The zero-order chi connectivity index (χ0) is 12.8. The lowest BCUT2D eigenvalue weighted by Gasteiger charge is -2.22. The van der Waals surface area contributed by atoms with Gasteiger partial charge in [-0.3, -0.25) is 0 Å². The highest BCUT2D eigenvalue weighted by atomic mass is 35.5. The quantitative estimate of drug-likeness (QED) is 0.748. The number of anilines is 1. The summed E-state index contributed by atoms with van der Waals surface area (Å²) in [5, 5.41) is 18.3. The van der Waals surface area contributed by atoms with Crippen molar-refractivity contribution < 1.29 is 10.2 Å². The molecule has 0 saturated heterocycles. The minimum atomic E-state index is -0.00136. The fourth-order valence-electron chi connectivity index (χ4n) is 1.43. The van der Waals surface area contributed by atoms with Gasteiger partial charge in [0.05, 0.1) is 13.2 Å². The van der Waals surface area contributed by atoms with Crippen LogP contribution in [0.15, 0.2) is 6.07 Å². The van der Waals surface area contributed by atoms with Crippen molar-refractivity contribution in [3.63, 3.8) is 0 Å². The molecule has 1 aromatic rings. The molecule has 17 heavy (non-hydrogen) atoms. The second-order valence-corrected chi connectivity index (χ2v) is 4.38. The molecule has 0 spiro atoms. The second-order valence-electron chi connectivity index (χ2n) is 4.00. The van der Waals surface area contributed by atoms with Gasteiger partial charge in [-0.1, -0.05) is 25.4 Å². The van der Waals surface area contributed by atoms with Gasteiger partial charge in [-0.25, -0.2) is 9.97 Å². The molecule has 0 bridgehead atoms. The van der Waals surface area contributed by atoms with Crippen LogP contribution in [0, 0.1) is 0 Å². The SMILES string of the molecule is CC(C)c1nc(Cl)cc(N(CCO)CCO)n1. The van der Waals surface area contributed by atoms with E-state index in [2.05, 4.69) is 9.97 Å². The number of halogens is 1. The molecule has 5 nitrogen and oxygen atoms in total. The van der Waals surface area contributed by atoms with E-state index in [0.29, 0.717) is 29.9 Å². The lowest BCUT2D eigenvalue weighted by molar-refractivity contribution is 0.280. The number of aromatic nitrogens is 2. The standard InChI is InChI=1S/C11H18ClN3O2/c1-8(2)11-13-9(12)7-10(14-11)15(3-5-16)4-6-17/h7-8,16-17H,3-6H2,1-2H3. The maximum absolute atomic E-state index is 8.97. The Balaban J connectivity index is 3.00. The highest BCUT2D eigenvalue weighted by Gasteiger charge is 2.12. The normalized spacial score (nSPS) is 10.9. The van der Waals surface area contributed by atoms with Crippen LogP contribution in [-0.4, -0.2) is 46.5 Å². The highest BCUT2D eigenvalue weighted by Crippen LogP contribution is 2.19. The Bertz CT molecular complexity index is 355. The van der Waals surface area contributed by atoms with Crippen molar-refractivity contribution >= 4 is 17.4 Å². The molecule has 0 saturated carbocycles. The van der Waals surface area contributed by atoms with Crippen molar-refractivity contribution in [2.24, 2.45) is 0 Å². The summed E-state index contributed by atoms with van der Waals surface area (Å²) < 4.78 is 0. The molecule has 2 N–H and O–H groups in total. The van der Waals surface area contributed by atoms with E-state index in [4.69, 9.17) is 21.8 Å². The predicted octanol–water partition coefficient (Wildman–Crippen LogP) is 1.04. The van der Waals surface area contributed by atoms with Crippen molar-refractivity contribution in [2.75, 3.05) is 31.2 Å². The van der Waals surface area contributed by atoms with Gasteiger partial charge in [0.25, 0.3) is 0 Å². The van der Waals surface area contributed by atoms with Gasteiger partial charge in [0.15, 0.2) is 0 Å². The summed E-state index contributed by atoms with van der Waals surface area (Å²) in [5.41, 5.74) is 0. The van der Waals surface area contributed by atoms with Crippen molar-refractivity contribution in [1.29, 1.82) is 0 Å². The number of rotatable bonds is 6. The molecular formula is C11H18ClN3O2. The van der Waals surface area contributed by atoms with Crippen LogP contribution >= 0.6 is 11.6 Å². The van der Waals surface area contributed by atoms with Crippen LogP contribution in [0.25, 0.3) is 0 Å². The summed E-state index contributed by atoms with van der Waals surface area (Å²) in [6.45, 7) is 4.78. The number of hydrogen-bond donors (Lipinski definition) is 2. The Morgan fingerprint density at radius 3 is 2.29 bits per heavy atom. The van der Waals surface area contributed by atoms with E-state index in [0.717, 1.165) is 0 Å². The van der Waals surface area contributed by atoms with Crippen molar-refractivity contribution in [3.8, 4) is 0 Å². The molecule has 0 aliphatic rings. The third-order valence-electron chi connectivity index (χ3n) is 2.28. The summed E-state index contributed by atoms with van der Waals surface area (Å²) >= 11 is 5.94. The average molecular weight is 260 g/mol. The van der Waals surface area contributed by atoms with Gasteiger partial charge < -0.3 is 15.1 Å². The first-order valence-electron chi connectivity index (χ1n) is 5.59. The van der Waals surface area contributed by atoms with E-state index >= 15 is 0 Å². The second kappa shape index (κ2) is 6.74. The van der Waals surface area contributed by atoms with Gasteiger partial charge >= 0.3 is 0 Å². The molecule has 96 valence electrons. The van der Waals surface area contributed by atoms with Gasteiger partial charge in [-0.05, 0) is 0 Å². The monoisotopic (exact) mass is 259 g/mol. The maximum Gasteiger partial charge on any atom is 0.135 e. The third-order valence-corrected chi connectivity index (χ3v) is 2.47. The van der Waals surface area contributed by atoms with Crippen LogP contribution in [0.3, 0.4) is 0 Å². The molecule has 0 fully saturated rings. The summed E-state index contributed by atoms with van der Waals surface area (Å²) in [7, 11) is 0. The van der Waals surface area contributed by atoms with Gasteiger partial charge in [0.1, 0.15) is 16.8 Å². The van der Waals surface area contributed by atoms with Gasteiger partial charge in [0, 0.05) is 25.1 Å². The van der Waals surface area contributed by atoms with Crippen molar-refractivity contribution in [1.82, 2.24) is 9.97 Å². The van der Waals surface area contributed by atoms with Crippen molar-refractivity contribution in [2.45, 2.75) is 19.8 Å². The fraction of sp³-hybridized carbons (Fsp3) is 0.636. The zero-order valence-electron chi connectivity index (χ0n) is 10.1. The van der Waals surface area contributed by atoms with E-state index in [9.17, 15) is 0 Å². The van der Waals surface area contributed by atoms with E-state index in [-0.39, 0.29) is 19.1 Å². The molecule has 1 heterocycles. The van der Waals surface area contributed by atoms with Gasteiger partial charge in [-0.15, -0.1) is 0 Å². The number of hydrogen-bond acceptors (Lipinski definition) is 5. The molecule has 0 aromatic carbocycles. The van der Waals surface area contributed by atoms with Crippen LogP contribution in [0.4, 0.5) is 5.82 Å². The highest BCUT2D eigenvalue weighted by molar-refractivity contribution is 6.29. The molecule has 0 aliphatic heterocycles. The Hall–Kier alpha value is -0.910. The lowest BCUT2D eigenvalue weighted by Crippen LogP contribution is -2.30. The fourth-order valence-corrected chi connectivity index (χ4v) is 1.61. The number of aliphatic hydroxyl groups is 2. The van der Waals surface area contributed by atoms with E-state index in [1.54, 1.807) is 11.0 Å². The minimum absolute atomic E-state index is 0.00136. The molecule has 0 unspecified atom stereocenters. The molecule has 0 amide bonds. The van der Waals surface area contributed by atoms with E-state index in [1.165, 1.54) is 0 Å². The maximum atomic E-state index is 8.97. The summed E-state index contributed by atoms with van der Waals surface area (Å²) in [6.07, 6.45) is 0. The molecule has 0 aliphatic carbocycles. The first-order chi connectivity index (χ1) is 8.08. The lowest BCUT2D eigenvalue weighted by atomic mass is 10.2. The van der Waals surface area contributed by atoms with Gasteiger partial charge in [0.2, 0.25) is 0 Å². The number of aliphatic hydroxyl groups excluding tert-OH is 2. The summed E-state index contributed by atoms with van der Waals surface area (Å²) in [6, 6.07) is 1.64. The van der Waals surface area contributed by atoms with Crippen molar-refractivity contribution in [3.05, 3.63) is 17.0 Å². The van der Waals surface area contributed by atoms with Crippen LogP contribution in [0.2, 0.25) is 5.15 Å². The molecule has 0 radical (unpaired) electrons. The molecule has 6 heteroatoms. The third kappa shape index (κ3) is 4.11.